The molecule has 1 aromatic heterocycles. The lowest BCUT2D eigenvalue weighted by atomic mass is 10.1. The molecule has 0 bridgehead atoms. The molecule has 3 nitrogen and oxygen atoms in total. The number of nitrogens with zero attached hydrogens (tertiary/aromatic N) is 1. The molecule has 0 saturated carbocycles. The van der Waals surface area contributed by atoms with Crippen LogP contribution < -0.4 is 14.0 Å². The van der Waals surface area contributed by atoms with Crippen LogP contribution in [0.3, 0.4) is 0 Å². The number of pyridine rings is 1. The number of rotatable bonds is 5. The molecule has 0 fully saturated rings. The zero-order valence-electron chi connectivity index (χ0n) is 13.3. The summed E-state index contributed by atoms with van der Waals surface area (Å²) < 4.78 is 26.0. The van der Waals surface area contributed by atoms with Gasteiger partial charge in [0.05, 0.1) is 14.2 Å². The molecule has 0 spiro atoms. The van der Waals surface area contributed by atoms with Crippen molar-refractivity contribution in [2.45, 2.75) is 13.0 Å². The maximum atomic E-state index is 13.2. The Morgan fingerprint density at radius 3 is 2.39 bits per heavy atom. The Kier molecular flexibility index (Phi) is 4.42. The summed E-state index contributed by atoms with van der Waals surface area (Å²) in [7, 11) is 3.26. The standard InChI is InChI=1S/C19H19FNO2/c1-22-18-11-15-7-9-21(13-16(15)12-19(18)23-2)8-6-14-4-3-5-17(20)10-14/h3-5,7,9-13H,6,8H2,1-2H3/q+1. The Morgan fingerprint density at radius 1 is 0.957 bits per heavy atom. The highest BCUT2D eigenvalue weighted by atomic mass is 19.1. The second-order valence-electron chi connectivity index (χ2n) is 5.40. The van der Waals surface area contributed by atoms with Crippen molar-refractivity contribution in [2.75, 3.05) is 14.2 Å². The summed E-state index contributed by atoms with van der Waals surface area (Å²) in [6, 6.07) is 12.7. The zero-order valence-corrected chi connectivity index (χ0v) is 13.3. The van der Waals surface area contributed by atoms with Crippen LogP contribution in [0.4, 0.5) is 4.39 Å². The van der Waals surface area contributed by atoms with E-state index in [1.54, 1.807) is 26.4 Å². The molecule has 0 atom stereocenters. The van der Waals surface area contributed by atoms with E-state index in [4.69, 9.17) is 9.47 Å². The summed E-state index contributed by atoms with van der Waals surface area (Å²) in [5.41, 5.74) is 0.991. The predicted molar refractivity (Wildman–Crippen MR) is 87.4 cm³/mol. The van der Waals surface area contributed by atoms with E-state index in [1.807, 2.05) is 30.5 Å². The first-order valence-corrected chi connectivity index (χ1v) is 7.49. The van der Waals surface area contributed by atoms with Crippen molar-refractivity contribution in [2.24, 2.45) is 0 Å². The van der Waals surface area contributed by atoms with Crippen LogP contribution in [-0.2, 0) is 13.0 Å². The number of aromatic nitrogens is 1. The van der Waals surface area contributed by atoms with Crippen molar-refractivity contribution in [3.63, 3.8) is 0 Å². The minimum atomic E-state index is -0.192. The average Bonchev–Trinajstić information content (AvgIpc) is 2.58. The highest BCUT2D eigenvalue weighted by Gasteiger charge is 2.10. The van der Waals surface area contributed by atoms with E-state index in [9.17, 15) is 4.39 Å². The molecule has 23 heavy (non-hydrogen) atoms. The van der Waals surface area contributed by atoms with Crippen LogP contribution in [0.2, 0.25) is 0 Å². The SMILES string of the molecule is COc1cc2cc[n+](CCc3cccc(F)c3)cc2cc1OC. The lowest BCUT2D eigenvalue weighted by Crippen LogP contribution is -2.33. The molecule has 0 aliphatic rings. The monoisotopic (exact) mass is 312 g/mol. The summed E-state index contributed by atoms with van der Waals surface area (Å²) in [6.07, 6.45) is 4.87. The van der Waals surface area contributed by atoms with Crippen molar-refractivity contribution in [1.29, 1.82) is 0 Å². The first kappa shape index (κ1) is 15.3. The molecule has 2 aromatic carbocycles. The van der Waals surface area contributed by atoms with Gasteiger partial charge in [0.15, 0.2) is 30.4 Å². The third kappa shape index (κ3) is 3.42. The van der Waals surface area contributed by atoms with Gasteiger partial charge in [-0.1, -0.05) is 12.1 Å². The van der Waals surface area contributed by atoms with Crippen LogP contribution in [0.1, 0.15) is 5.56 Å². The summed E-state index contributed by atoms with van der Waals surface area (Å²) in [6.45, 7) is 0.785. The van der Waals surface area contributed by atoms with Crippen LogP contribution in [0, 0.1) is 5.82 Å². The maximum absolute atomic E-state index is 13.2. The van der Waals surface area contributed by atoms with Crippen LogP contribution >= 0.6 is 0 Å². The number of hydrogen-bond acceptors (Lipinski definition) is 2. The van der Waals surface area contributed by atoms with E-state index in [2.05, 4.69) is 10.8 Å². The normalized spacial score (nSPS) is 10.7. The molecule has 4 heteroatoms. The largest absolute Gasteiger partial charge is 0.493 e. The number of halogens is 1. The Morgan fingerprint density at radius 2 is 1.70 bits per heavy atom. The van der Waals surface area contributed by atoms with Gasteiger partial charge in [0.2, 0.25) is 0 Å². The van der Waals surface area contributed by atoms with Crippen LogP contribution in [0.25, 0.3) is 10.8 Å². The smallest absolute Gasteiger partial charge is 0.176 e. The molecule has 0 saturated heterocycles. The quantitative estimate of drug-likeness (QED) is 0.673. The van der Waals surface area contributed by atoms with Gasteiger partial charge in [0.25, 0.3) is 0 Å². The molecule has 3 aromatic rings. The summed E-state index contributed by atoms with van der Waals surface area (Å²) in [5.74, 6) is 1.24. The molecule has 0 unspecified atom stereocenters. The minimum Gasteiger partial charge on any atom is -0.493 e. The van der Waals surface area contributed by atoms with Gasteiger partial charge < -0.3 is 9.47 Å². The second-order valence-corrected chi connectivity index (χ2v) is 5.40. The molecule has 0 amide bonds. The van der Waals surface area contributed by atoms with Gasteiger partial charge in [-0.15, -0.1) is 0 Å². The lowest BCUT2D eigenvalue weighted by Gasteiger charge is -2.08. The first-order valence-electron chi connectivity index (χ1n) is 7.49. The van der Waals surface area contributed by atoms with Gasteiger partial charge in [-0.3, -0.25) is 0 Å². The lowest BCUT2D eigenvalue weighted by molar-refractivity contribution is -0.695. The molecule has 0 N–H and O–H groups in total. The highest BCUT2D eigenvalue weighted by molar-refractivity contribution is 5.84. The number of fused-ring (bicyclic) bond motifs is 1. The van der Waals surface area contributed by atoms with Crippen LogP contribution in [0.15, 0.2) is 54.9 Å². The second kappa shape index (κ2) is 6.65. The zero-order chi connectivity index (χ0) is 16.2. The van der Waals surface area contributed by atoms with Gasteiger partial charge in [-0.05, 0) is 35.2 Å². The fourth-order valence-electron chi connectivity index (χ4n) is 2.65. The van der Waals surface area contributed by atoms with E-state index in [1.165, 1.54) is 6.07 Å². The Hall–Kier alpha value is -2.62. The number of hydrogen-bond donors (Lipinski definition) is 0. The van der Waals surface area contributed by atoms with Crippen molar-refractivity contribution >= 4 is 10.8 Å². The molecule has 0 aliphatic carbocycles. The van der Waals surface area contributed by atoms with Crippen molar-refractivity contribution in [3.8, 4) is 11.5 Å². The molecule has 0 radical (unpaired) electrons. The molecule has 118 valence electrons. The number of ether oxygens (including phenoxy) is 2. The van der Waals surface area contributed by atoms with Crippen molar-refractivity contribution < 1.29 is 18.4 Å². The molecular weight excluding hydrogens is 293 g/mol. The van der Waals surface area contributed by atoms with Crippen LogP contribution in [0.5, 0.6) is 11.5 Å². The number of aryl methyl sites for hydroxylation is 2. The van der Waals surface area contributed by atoms with E-state index in [0.29, 0.717) is 5.75 Å². The minimum absolute atomic E-state index is 0.192. The van der Waals surface area contributed by atoms with Gasteiger partial charge >= 0.3 is 0 Å². The summed E-state index contributed by atoms with van der Waals surface area (Å²) in [4.78, 5) is 0. The predicted octanol–water partition coefficient (Wildman–Crippen LogP) is 3.53. The van der Waals surface area contributed by atoms with E-state index in [0.717, 1.165) is 35.1 Å². The Bertz CT molecular complexity index is 833. The Balaban J connectivity index is 1.84. The highest BCUT2D eigenvalue weighted by Crippen LogP contribution is 2.31. The average molecular weight is 312 g/mol. The fraction of sp³-hybridized carbons (Fsp3) is 0.211. The molecule has 1 heterocycles. The first-order chi connectivity index (χ1) is 11.2. The molecular formula is C19H19FNO2+. The van der Waals surface area contributed by atoms with Gasteiger partial charge in [-0.2, -0.15) is 0 Å². The van der Waals surface area contributed by atoms with E-state index in [-0.39, 0.29) is 5.82 Å². The van der Waals surface area contributed by atoms with Gasteiger partial charge in [0.1, 0.15) is 5.82 Å². The van der Waals surface area contributed by atoms with Crippen molar-refractivity contribution in [3.05, 3.63) is 66.2 Å². The van der Waals surface area contributed by atoms with Crippen LogP contribution in [-0.4, -0.2) is 14.2 Å². The Labute approximate surface area is 134 Å². The van der Waals surface area contributed by atoms with Gasteiger partial charge in [-0.25, -0.2) is 8.96 Å². The maximum Gasteiger partial charge on any atom is 0.176 e. The van der Waals surface area contributed by atoms with Crippen molar-refractivity contribution in [1.82, 2.24) is 0 Å². The number of methoxy groups -OCH3 is 2. The summed E-state index contributed by atoms with van der Waals surface area (Å²) in [5, 5.41) is 2.16. The topological polar surface area (TPSA) is 22.3 Å². The third-order valence-corrected chi connectivity index (χ3v) is 3.89. The van der Waals surface area contributed by atoms with Gasteiger partial charge in [0, 0.05) is 17.9 Å². The molecule has 3 rings (SSSR count). The molecule has 0 aliphatic heterocycles. The van der Waals surface area contributed by atoms with E-state index >= 15 is 0 Å². The fourth-order valence-corrected chi connectivity index (χ4v) is 2.65. The summed E-state index contributed by atoms with van der Waals surface area (Å²) >= 11 is 0. The third-order valence-electron chi connectivity index (χ3n) is 3.89. The number of benzene rings is 2. The van der Waals surface area contributed by atoms with E-state index < -0.39 is 0 Å².